The summed E-state index contributed by atoms with van der Waals surface area (Å²) >= 11 is 5.34. The Hall–Kier alpha value is -2.85. The van der Waals surface area contributed by atoms with Crippen LogP contribution in [0.25, 0.3) is 0 Å². The standard InChI is InChI=1S/C25H31F6N5O4S/c1-4-18(25(29,30)31)35-19-8-15(24(26,27)28)14(9-32-19)21(41)20(23(39)36-7-5-6-12(36)2)33-13(3)22(38)34-16-10-40-11-17(16)37/h8-9,12,16-18,20,37H,4-7,10-11H2,1-3H3,(H,32,35)(H,34,38)/t12-,16-,17-,18-,20?/m0/s1. The van der Waals surface area contributed by atoms with E-state index in [1.807, 2.05) is 5.32 Å². The van der Waals surface area contributed by atoms with Crippen LogP contribution in [0.3, 0.4) is 0 Å². The van der Waals surface area contributed by atoms with Crippen molar-refractivity contribution in [3.63, 3.8) is 0 Å². The van der Waals surface area contributed by atoms with E-state index in [1.165, 1.54) is 18.7 Å². The predicted octanol–water partition coefficient (Wildman–Crippen LogP) is 3.29. The van der Waals surface area contributed by atoms with Crippen LogP contribution in [0.15, 0.2) is 17.3 Å². The van der Waals surface area contributed by atoms with Gasteiger partial charge in [0.1, 0.15) is 11.9 Å². The van der Waals surface area contributed by atoms with Crippen molar-refractivity contribution < 1.29 is 45.8 Å². The van der Waals surface area contributed by atoms with Gasteiger partial charge in [-0.3, -0.25) is 14.6 Å². The first-order valence-electron chi connectivity index (χ1n) is 12.9. The number of rotatable bonds is 9. The molecule has 3 N–H and O–H groups in total. The minimum absolute atomic E-state index is 0.000767. The second-order valence-electron chi connectivity index (χ2n) is 9.95. The van der Waals surface area contributed by atoms with Crippen molar-refractivity contribution in [2.24, 2.45) is 4.99 Å². The maximum absolute atomic E-state index is 14.2. The van der Waals surface area contributed by atoms with Gasteiger partial charge in [0.25, 0.3) is 11.8 Å². The molecule has 3 rings (SSSR count). The topological polar surface area (TPSA) is 116 Å². The number of pyridine rings is 1. The molecule has 2 amide bonds. The number of hydrogen-bond donors (Lipinski definition) is 3. The zero-order chi connectivity index (χ0) is 30.7. The fourth-order valence-corrected chi connectivity index (χ4v) is 4.87. The first-order valence-corrected chi connectivity index (χ1v) is 13.3. The Balaban J connectivity index is 2.01. The van der Waals surface area contributed by atoms with E-state index in [9.17, 15) is 41.0 Å². The molecule has 2 aliphatic heterocycles. The van der Waals surface area contributed by atoms with Gasteiger partial charge in [0, 0.05) is 24.3 Å². The number of nitrogens with one attached hydrogen (secondary N) is 2. The van der Waals surface area contributed by atoms with Crippen LogP contribution in [-0.4, -0.2) is 93.6 Å². The summed E-state index contributed by atoms with van der Waals surface area (Å²) in [6, 6.07) is -4.49. The second kappa shape index (κ2) is 13.0. The molecule has 9 nitrogen and oxygen atoms in total. The molecule has 1 aromatic rings. The lowest BCUT2D eigenvalue weighted by Gasteiger charge is -2.27. The lowest BCUT2D eigenvalue weighted by atomic mass is 10.00. The number of nitrogens with zero attached hydrogens (tertiary/aromatic N) is 3. The molecule has 228 valence electrons. The van der Waals surface area contributed by atoms with Crippen molar-refractivity contribution in [2.75, 3.05) is 25.1 Å². The second-order valence-corrected chi connectivity index (χ2v) is 10.4. The number of aliphatic hydroxyl groups is 1. The van der Waals surface area contributed by atoms with Crippen LogP contribution in [0.5, 0.6) is 0 Å². The molecule has 2 saturated heterocycles. The summed E-state index contributed by atoms with van der Waals surface area (Å²) in [6.07, 6.45) is -9.32. The van der Waals surface area contributed by atoms with Gasteiger partial charge in [-0.1, -0.05) is 19.1 Å². The minimum atomic E-state index is -5.08. The Kier molecular flexibility index (Phi) is 10.3. The molecule has 5 atom stereocenters. The Bertz CT molecular complexity index is 1180. The molecule has 0 radical (unpaired) electrons. The van der Waals surface area contributed by atoms with Gasteiger partial charge in [0.05, 0.1) is 41.5 Å². The summed E-state index contributed by atoms with van der Waals surface area (Å²) in [5.74, 6) is -2.20. The maximum atomic E-state index is 14.2. The molecule has 3 heterocycles. The van der Waals surface area contributed by atoms with E-state index >= 15 is 0 Å². The normalized spacial score (nSPS) is 23.3. The van der Waals surface area contributed by atoms with E-state index in [0.29, 0.717) is 31.6 Å². The Morgan fingerprint density at radius 2 is 1.95 bits per heavy atom. The molecule has 0 aliphatic carbocycles. The average Bonchev–Trinajstić information content (AvgIpc) is 3.50. The monoisotopic (exact) mass is 611 g/mol. The van der Waals surface area contributed by atoms with Crippen LogP contribution in [0, 0.1) is 0 Å². The van der Waals surface area contributed by atoms with Gasteiger partial charge < -0.3 is 25.4 Å². The number of ether oxygens (including phenoxy) is 1. The average molecular weight is 612 g/mol. The molecule has 41 heavy (non-hydrogen) atoms. The summed E-state index contributed by atoms with van der Waals surface area (Å²) < 4.78 is 87.2. The van der Waals surface area contributed by atoms with E-state index < -0.39 is 76.6 Å². The zero-order valence-electron chi connectivity index (χ0n) is 22.5. The lowest BCUT2D eigenvalue weighted by molar-refractivity contribution is -0.143. The first kappa shape index (κ1) is 32.7. The fourth-order valence-electron chi connectivity index (χ4n) is 4.56. The van der Waals surface area contributed by atoms with Crippen molar-refractivity contribution in [2.45, 2.75) is 82.7 Å². The van der Waals surface area contributed by atoms with Gasteiger partial charge in [-0.05, 0) is 39.2 Å². The summed E-state index contributed by atoms with van der Waals surface area (Å²) in [5.41, 5.74) is -2.42. The predicted molar refractivity (Wildman–Crippen MR) is 141 cm³/mol. The fraction of sp³-hybridized carbons (Fsp3) is 0.640. The summed E-state index contributed by atoms with van der Waals surface area (Å²) in [6.45, 7) is 4.54. The SMILES string of the molecule is CC[C@H](Nc1cc(C(F)(F)F)c(C(=S)C(N=C(C)C(=O)N[C@H]2COC[C@@H]2O)C(=O)N2CCC[C@@H]2C)cn1)C(F)(F)F. The molecule has 0 aromatic carbocycles. The maximum Gasteiger partial charge on any atom is 0.417 e. The van der Waals surface area contributed by atoms with Crippen LogP contribution in [0.4, 0.5) is 32.2 Å². The van der Waals surface area contributed by atoms with Crippen molar-refractivity contribution in [1.82, 2.24) is 15.2 Å². The minimum Gasteiger partial charge on any atom is -0.388 e. The number of amides is 2. The van der Waals surface area contributed by atoms with Crippen molar-refractivity contribution >= 4 is 40.4 Å². The first-order chi connectivity index (χ1) is 19.0. The molecule has 0 spiro atoms. The van der Waals surface area contributed by atoms with Gasteiger partial charge >= 0.3 is 12.4 Å². The summed E-state index contributed by atoms with van der Waals surface area (Å²) in [4.78, 5) is 35.0. The highest BCUT2D eigenvalue weighted by atomic mass is 32.1. The van der Waals surface area contributed by atoms with Crippen molar-refractivity contribution in [3.8, 4) is 0 Å². The number of aliphatic imine (C=N–C) groups is 1. The number of aliphatic hydroxyl groups excluding tert-OH is 1. The number of aromatic nitrogens is 1. The molecule has 2 aliphatic rings. The van der Waals surface area contributed by atoms with E-state index in [4.69, 9.17) is 17.0 Å². The molecule has 2 fully saturated rings. The molecule has 0 saturated carbocycles. The summed E-state index contributed by atoms with van der Waals surface area (Å²) in [5, 5.41) is 14.4. The van der Waals surface area contributed by atoms with Crippen LogP contribution in [0.1, 0.15) is 51.2 Å². The quantitative estimate of drug-likeness (QED) is 0.170. The van der Waals surface area contributed by atoms with Crippen LogP contribution >= 0.6 is 12.2 Å². The zero-order valence-corrected chi connectivity index (χ0v) is 23.3. The Morgan fingerprint density at radius 1 is 1.27 bits per heavy atom. The van der Waals surface area contributed by atoms with Crippen LogP contribution < -0.4 is 10.6 Å². The number of thiocarbonyl (C=S) groups is 1. The molecule has 16 heteroatoms. The highest BCUT2D eigenvalue weighted by Crippen LogP contribution is 2.35. The van der Waals surface area contributed by atoms with E-state index in [2.05, 4.69) is 15.3 Å². The third-order valence-electron chi connectivity index (χ3n) is 6.94. The Morgan fingerprint density at radius 3 is 2.46 bits per heavy atom. The van der Waals surface area contributed by atoms with Crippen molar-refractivity contribution in [1.29, 1.82) is 0 Å². The van der Waals surface area contributed by atoms with E-state index in [0.717, 1.165) is 0 Å². The van der Waals surface area contributed by atoms with E-state index in [-0.39, 0.29) is 25.0 Å². The smallest absolute Gasteiger partial charge is 0.388 e. The number of halogens is 6. The van der Waals surface area contributed by atoms with Crippen LogP contribution in [0.2, 0.25) is 0 Å². The van der Waals surface area contributed by atoms with Gasteiger partial charge in [-0.2, -0.15) is 26.3 Å². The molecule has 0 bridgehead atoms. The van der Waals surface area contributed by atoms with Gasteiger partial charge in [-0.15, -0.1) is 0 Å². The van der Waals surface area contributed by atoms with Gasteiger partial charge in [0.15, 0.2) is 6.04 Å². The largest absolute Gasteiger partial charge is 0.417 e. The molecule has 1 unspecified atom stereocenters. The number of hydrogen-bond acceptors (Lipinski definition) is 8. The van der Waals surface area contributed by atoms with E-state index in [1.54, 1.807) is 6.92 Å². The van der Waals surface area contributed by atoms with Crippen LogP contribution in [-0.2, 0) is 20.5 Å². The highest BCUT2D eigenvalue weighted by molar-refractivity contribution is 7.81. The third kappa shape index (κ3) is 7.92. The van der Waals surface area contributed by atoms with Gasteiger partial charge in [-0.25, -0.2) is 4.98 Å². The van der Waals surface area contributed by atoms with Crippen molar-refractivity contribution in [3.05, 3.63) is 23.4 Å². The molecule has 1 aromatic heterocycles. The number of likely N-dealkylation sites (tertiary alicyclic amines) is 1. The number of alkyl halides is 6. The van der Waals surface area contributed by atoms with Gasteiger partial charge in [0.2, 0.25) is 0 Å². The third-order valence-corrected chi connectivity index (χ3v) is 7.38. The number of carbonyl (C=O) groups is 2. The highest BCUT2D eigenvalue weighted by Gasteiger charge is 2.42. The molecular weight excluding hydrogens is 580 g/mol. The number of carbonyl (C=O) groups excluding carboxylic acids is 2. The lowest BCUT2D eigenvalue weighted by Crippen LogP contribution is -2.47. The molecular formula is C25H31F6N5O4S. The Labute approximate surface area is 237 Å². The number of anilines is 1. The summed E-state index contributed by atoms with van der Waals surface area (Å²) in [7, 11) is 0.